The van der Waals surface area contributed by atoms with Gasteiger partial charge in [-0.05, 0) is 38.1 Å². The second-order valence-electron chi connectivity index (χ2n) is 6.18. The van der Waals surface area contributed by atoms with Crippen LogP contribution in [-0.2, 0) is 6.54 Å². The molecule has 9 heteroatoms. The van der Waals surface area contributed by atoms with Crippen LogP contribution < -0.4 is 5.32 Å². The molecule has 0 bridgehead atoms. The Kier molecular flexibility index (Phi) is 4.63. The molecule has 4 rings (SSSR count). The number of aryl methyl sites for hydroxylation is 2. The summed E-state index contributed by atoms with van der Waals surface area (Å²) >= 11 is 0. The molecule has 9 nitrogen and oxygen atoms in total. The molecule has 0 aromatic carbocycles. The van der Waals surface area contributed by atoms with Crippen LogP contribution in [0.4, 0.5) is 0 Å². The topological polar surface area (TPSA) is 112 Å². The van der Waals surface area contributed by atoms with Crippen molar-refractivity contribution in [1.29, 1.82) is 0 Å². The van der Waals surface area contributed by atoms with E-state index in [0.29, 0.717) is 17.1 Å². The van der Waals surface area contributed by atoms with Crippen LogP contribution in [0.5, 0.6) is 0 Å². The van der Waals surface area contributed by atoms with Crippen LogP contribution in [0.1, 0.15) is 27.6 Å². The lowest BCUT2D eigenvalue weighted by atomic mass is 10.2. The van der Waals surface area contributed by atoms with E-state index in [1.807, 2.05) is 44.2 Å². The van der Waals surface area contributed by atoms with E-state index in [4.69, 9.17) is 4.52 Å². The normalized spacial score (nSPS) is 10.8. The van der Waals surface area contributed by atoms with Crippen molar-refractivity contribution in [2.45, 2.75) is 20.4 Å². The first-order valence-corrected chi connectivity index (χ1v) is 8.62. The van der Waals surface area contributed by atoms with Crippen molar-refractivity contribution in [3.63, 3.8) is 0 Å². The molecule has 0 spiro atoms. The van der Waals surface area contributed by atoms with Crippen LogP contribution in [0, 0.1) is 13.8 Å². The predicted octanol–water partition coefficient (Wildman–Crippen LogP) is 2.26. The number of hydrogen-bond donors (Lipinski definition) is 1. The molecule has 140 valence electrons. The van der Waals surface area contributed by atoms with Gasteiger partial charge in [0.15, 0.2) is 11.5 Å². The van der Waals surface area contributed by atoms with Crippen LogP contribution in [0.3, 0.4) is 0 Å². The fourth-order valence-electron chi connectivity index (χ4n) is 2.70. The van der Waals surface area contributed by atoms with Crippen LogP contribution in [0.15, 0.2) is 53.3 Å². The number of carbonyl (C=O) groups is 1. The van der Waals surface area contributed by atoms with Gasteiger partial charge in [-0.3, -0.25) is 14.8 Å². The third kappa shape index (κ3) is 3.63. The number of rotatable bonds is 5. The summed E-state index contributed by atoms with van der Waals surface area (Å²) in [5, 5.41) is 14.7. The molecule has 28 heavy (non-hydrogen) atoms. The second kappa shape index (κ2) is 7.39. The summed E-state index contributed by atoms with van der Waals surface area (Å²) in [5.41, 5.74) is 4.00. The number of amides is 1. The van der Waals surface area contributed by atoms with Crippen LogP contribution in [0.25, 0.3) is 17.1 Å². The summed E-state index contributed by atoms with van der Waals surface area (Å²) in [5.74, 6) is 0.153. The van der Waals surface area contributed by atoms with Crippen molar-refractivity contribution in [1.82, 2.24) is 35.4 Å². The van der Waals surface area contributed by atoms with E-state index in [-0.39, 0.29) is 18.1 Å². The monoisotopic (exact) mass is 375 g/mol. The molecule has 0 fully saturated rings. The minimum atomic E-state index is -0.361. The lowest BCUT2D eigenvalue weighted by Gasteiger charge is -2.04. The van der Waals surface area contributed by atoms with E-state index in [1.165, 1.54) is 4.68 Å². The Morgan fingerprint density at radius 3 is 2.86 bits per heavy atom. The van der Waals surface area contributed by atoms with Crippen LogP contribution in [0.2, 0.25) is 0 Å². The largest absolute Gasteiger partial charge is 0.359 e. The first kappa shape index (κ1) is 17.5. The molecule has 0 atom stereocenters. The molecular formula is C19H17N7O2. The first-order chi connectivity index (χ1) is 13.6. The summed E-state index contributed by atoms with van der Waals surface area (Å²) in [6, 6.07) is 11.0. The Balaban J connectivity index is 1.42. The van der Waals surface area contributed by atoms with Crippen LogP contribution >= 0.6 is 0 Å². The number of aromatic nitrogens is 6. The zero-order valence-electron chi connectivity index (χ0n) is 15.3. The number of nitrogens with one attached hydrogen (secondary N) is 1. The molecule has 4 aromatic heterocycles. The van der Waals surface area contributed by atoms with Gasteiger partial charge in [-0.15, -0.1) is 5.10 Å². The number of nitrogens with zero attached hydrogens (tertiary/aromatic N) is 6. The SMILES string of the molecule is Cc1ccc(-n2cc(C(=O)NCc3cc(-c4ccccn4)no3)nn2)c(C)n1. The molecule has 4 aromatic rings. The van der Waals surface area contributed by atoms with Gasteiger partial charge in [0.05, 0.1) is 29.8 Å². The van der Waals surface area contributed by atoms with E-state index >= 15 is 0 Å². The molecule has 0 radical (unpaired) electrons. The van der Waals surface area contributed by atoms with Crippen molar-refractivity contribution in [3.05, 3.63) is 71.6 Å². The van der Waals surface area contributed by atoms with Crippen molar-refractivity contribution in [3.8, 4) is 17.1 Å². The van der Waals surface area contributed by atoms with Crippen molar-refractivity contribution >= 4 is 5.91 Å². The zero-order chi connectivity index (χ0) is 19.5. The Morgan fingerprint density at radius 2 is 2.07 bits per heavy atom. The average molecular weight is 375 g/mol. The maximum absolute atomic E-state index is 12.4. The van der Waals surface area contributed by atoms with E-state index in [9.17, 15) is 4.79 Å². The van der Waals surface area contributed by atoms with E-state index in [2.05, 4.69) is 30.8 Å². The van der Waals surface area contributed by atoms with Crippen molar-refractivity contribution < 1.29 is 9.32 Å². The highest BCUT2D eigenvalue weighted by atomic mass is 16.5. The number of carbonyl (C=O) groups excluding carboxylic acids is 1. The van der Waals surface area contributed by atoms with Crippen molar-refractivity contribution in [2.75, 3.05) is 0 Å². The molecule has 0 aliphatic heterocycles. The molecule has 1 amide bonds. The van der Waals surface area contributed by atoms with Gasteiger partial charge in [-0.25, -0.2) is 4.68 Å². The second-order valence-corrected chi connectivity index (χ2v) is 6.18. The molecule has 0 saturated carbocycles. The molecule has 1 N–H and O–H groups in total. The van der Waals surface area contributed by atoms with E-state index in [0.717, 1.165) is 17.1 Å². The minimum absolute atomic E-state index is 0.177. The lowest BCUT2D eigenvalue weighted by Crippen LogP contribution is -2.22. The number of pyridine rings is 2. The summed E-state index contributed by atoms with van der Waals surface area (Å²) < 4.78 is 6.78. The Labute approximate surface area is 160 Å². The molecule has 0 unspecified atom stereocenters. The number of hydrogen-bond acceptors (Lipinski definition) is 7. The van der Waals surface area contributed by atoms with Gasteiger partial charge in [0.25, 0.3) is 5.91 Å². The van der Waals surface area contributed by atoms with Gasteiger partial charge < -0.3 is 9.84 Å². The molecule has 0 aliphatic rings. The summed E-state index contributed by atoms with van der Waals surface area (Å²) in [7, 11) is 0. The average Bonchev–Trinajstić information content (AvgIpc) is 3.37. The van der Waals surface area contributed by atoms with Crippen LogP contribution in [-0.4, -0.2) is 36.0 Å². The summed E-state index contributed by atoms with van der Waals surface area (Å²) in [6.45, 7) is 3.98. The quantitative estimate of drug-likeness (QED) is 0.569. The summed E-state index contributed by atoms with van der Waals surface area (Å²) in [6.07, 6.45) is 3.24. The molecule has 4 heterocycles. The third-order valence-corrected chi connectivity index (χ3v) is 4.08. The summed E-state index contributed by atoms with van der Waals surface area (Å²) in [4.78, 5) is 21.0. The Bertz CT molecular complexity index is 1120. The Morgan fingerprint density at radius 1 is 1.18 bits per heavy atom. The highest BCUT2D eigenvalue weighted by Crippen LogP contribution is 2.16. The van der Waals surface area contributed by atoms with E-state index in [1.54, 1.807) is 18.5 Å². The maximum Gasteiger partial charge on any atom is 0.273 e. The first-order valence-electron chi connectivity index (χ1n) is 8.62. The van der Waals surface area contributed by atoms with Gasteiger partial charge in [0, 0.05) is 18.0 Å². The fraction of sp³-hybridized carbons (Fsp3) is 0.158. The fourth-order valence-corrected chi connectivity index (χ4v) is 2.70. The van der Waals surface area contributed by atoms with Crippen molar-refractivity contribution in [2.24, 2.45) is 0 Å². The van der Waals surface area contributed by atoms with Gasteiger partial charge >= 0.3 is 0 Å². The predicted molar refractivity (Wildman–Crippen MR) is 99.5 cm³/mol. The van der Waals surface area contributed by atoms with Gasteiger partial charge in [-0.1, -0.05) is 16.4 Å². The smallest absolute Gasteiger partial charge is 0.273 e. The molecular weight excluding hydrogens is 358 g/mol. The molecule has 0 aliphatic carbocycles. The standard InChI is InChI=1S/C19H17N7O2/c1-12-6-7-18(13(2)22-12)26-11-17(23-25-26)19(27)21-10-14-9-16(24-28-14)15-5-3-4-8-20-15/h3-9,11H,10H2,1-2H3,(H,21,27). The highest BCUT2D eigenvalue weighted by Gasteiger charge is 2.14. The highest BCUT2D eigenvalue weighted by molar-refractivity contribution is 5.91. The van der Waals surface area contributed by atoms with Gasteiger partial charge in [0.1, 0.15) is 5.69 Å². The van der Waals surface area contributed by atoms with Gasteiger partial charge in [0.2, 0.25) is 0 Å². The van der Waals surface area contributed by atoms with Gasteiger partial charge in [-0.2, -0.15) is 0 Å². The Hall–Kier alpha value is -3.88. The molecule has 0 saturated heterocycles. The maximum atomic E-state index is 12.4. The lowest BCUT2D eigenvalue weighted by molar-refractivity contribution is 0.0942. The van der Waals surface area contributed by atoms with E-state index < -0.39 is 0 Å². The zero-order valence-corrected chi connectivity index (χ0v) is 15.3. The third-order valence-electron chi connectivity index (χ3n) is 4.08. The minimum Gasteiger partial charge on any atom is -0.359 e.